The lowest BCUT2D eigenvalue weighted by Crippen LogP contribution is -2.74. The first-order valence-corrected chi connectivity index (χ1v) is 15.5. The molecular weight excluding hydrogens is 584 g/mol. The van der Waals surface area contributed by atoms with E-state index in [1.165, 1.54) is 22.8 Å². The number of phenols is 2. The van der Waals surface area contributed by atoms with Crippen molar-refractivity contribution in [1.29, 1.82) is 0 Å². The lowest BCUT2D eigenvalue weighted by molar-refractivity contribution is -0.151. The van der Waals surface area contributed by atoms with Crippen molar-refractivity contribution in [3.8, 4) is 23.0 Å². The molecule has 3 N–H and O–H groups in total. The topological polar surface area (TPSA) is 112 Å². The van der Waals surface area contributed by atoms with Crippen LogP contribution in [-0.4, -0.2) is 95.1 Å². The van der Waals surface area contributed by atoms with Crippen molar-refractivity contribution in [2.75, 3.05) is 34.3 Å². The second kappa shape index (κ2) is 9.86. The Hall–Kier alpha value is -3.79. The van der Waals surface area contributed by atoms with Crippen LogP contribution in [0.3, 0.4) is 0 Å². The van der Waals surface area contributed by atoms with E-state index >= 15 is 0 Å². The first-order chi connectivity index (χ1) is 21.2. The van der Waals surface area contributed by atoms with Crippen LogP contribution >= 0.6 is 0 Å². The van der Waals surface area contributed by atoms with Crippen molar-refractivity contribution < 1.29 is 34.3 Å². The predicted octanol–water partition coefficient (Wildman–Crippen LogP) is 3.91. The highest BCUT2D eigenvalue weighted by atomic mass is 16.5. The molecule has 9 heteroatoms. The molecule has 2 aromatic carbocycles. The summed E-state index contributed by atoms with van der Waals surface area (Å²) >= 11 is 0. The number of carbonyl (C=O) groups is 1. The maximum Gasteiger partial charge on any atom is 0.196 e. The van der Waals surface area contributed by atoms with Gasteiger partial charge in [0.1, 0.15) is 11.4 Å². The van der Waals surface area contributed by atoms with E-state index in [4.69, 9.17) is 14.2 Å². The first kappa shape index (κ1) is 30.8. The molecule has 9 nitrogen and oxygen atoms in total. The van der Waals surface area contributed by atoms with Gasteiger partial charge in [-0.05, 0) is 99.9 Å². The van der Waals surface area contributed by atoms with E-state index in [9.17, 15) is 20.1 Å². The molecule has 7 atom stereocenters. The molecule has 46 heavy (non-hydrogen) atoms. The zero-order valence-electron chi connectivity index (χ0n) is 25.0. The number of hydrogen-bond acceptors (Lipinski definition) is 9. The first-order valence-electron chi connectivity index (χ1n) is 15.5. The van der Waals surface area contributed by atoms with Crippen LogP contribution in [0.1, 0.15) is 49.9 Å². The molecule has 2 fully saturated rings. The van der Waals surface area contributed by atoms with Crippen LogP contribution < -0.4 is 9.47 Å². The number of carbonyl (C=O) groups excluding carboxylic acids is 1. The zero-order valence-corrected chi connectivity index (χ0v) is 25.0. The van der Waals surface area contributed by atoms with Crippen molar-refractivity contribution in [2.24, 2.45) is 0 Å². The molecule has 2 aromatic rings. The number of phenolic OH excluding ortho intramolecular Hbond substituents is 2. The number of nitrogens with zero attached hydrogens (tertiary/aromatic N) is 2. The maximum atomic E-state index is 12.4. The van der Waals surface area contributed by atoms with Gasteiger partial charge in [-0.2, -0.15) is 0 Å². The summed E-state index contributed by atoms with van der Waals surface area (Å²) in [6, 6.07) is 7.69. The number of hydrogen-bond donors (Lipinski definition) is 3. The fraction of sp³-hybridized carbons (Fsp3) is 0.486. The van der Waals surface area contributed by atoms with Gasteiger partial charge in [0.15, 0.2) is 41.0 Å². The third-order valence-corrected chi connectivity index (χ3v) is 12.1. The van der Waals surface area contributed by atoms with E-state index in [0.29, 0.717) is 30.4 Å². The normalized spacial score (nSPS) is 36.2. The van der Waals surface area contributed by atoms with Crippen LogP contribution in [0.15, 0.2) is 59.9 Å². The Labute approximate surface area is 270 Å². The summed E-state index contributed by atoms with van der Waals surface area (Å²) in [4.78, 5) is 17.0. The standard InChI is InChI=1S/C18H19NO3.C17H17NO4.2CH4/c1-19-8-7-18-11-4-6-14(21-2)17(18)22-16-13(20)5-3-10(15(16)18)9-12(11)19;1-18-7-6-16-13-9-2-3-10(19)14(13)22-15(16)11(20)4-5-17(16,21)12(18)8-9;;/h3-6,12,17,20H,7-9H2,1-2H3;2-5,12,15,19,21H,6-8H2,1H3;2*1H4/t12-,17?,18+;12-,15?,16+,17?;;/m11../s1. The van der Waals surface area contributed by atoms with E-state index in [1.807, 2.05) is 19.2 Å². The Morgan fingerprint density at radius 2 is 1.52 bits per heavy atom. The Balaban J connectivity index is 0.000000141. The number of aromatic hydroxyl groups is 2. The predicted molar refractivity (Wildman–Crippen MR) is 174 cm³/mol. The van der Waals surface area contributed by atoms with Gasteiger partial charge in [-0.15, -0.1) is 0 Å². The van der Waals surface area contributed by atoms with Gasteiger partial charge in [0, 0.05) is 23.2 Å². The number of aliphatic hydroxyl groups is 1. The number of ketones is 1. The maximum absolute atomic E-state index is 12.4. The fourth-order valence-electron chi connectivity index (χ4n) is 10.1. The number of piperidine rings is 2. The molecular formula is C37H44N2O7. The molecule has 0 saturated carbocycles. The van der Waals surface area contributed by atoms with Crippen molar-refractivity contribution in [2.45, 2.75) is 81.3 Å². The number of benzene rings is 2. The monoisotopic (exact) mass is 628 g/mol. The second-order valence-corrected chi connectivity index (χ2v) is 13.7. The number of methoxy groups -OCH3 is 1. The van der Waals surface area contributed by atoms with Crippen LogP contribution in [0, 0.1) is 0 Å². The lowest BCUT2D eigenvalue weighted by Gasteiger charge is -2.60. The van der Waals surface area contributed by atoms with Gasteiger partial charge in [0.2, 0.25) is 0 Å². The number of rotatable bonds is 1. The van der Waals surface area contributed by atoms with Crippen molar-refractivity contribution in [3.05, 3.63) is 82.2 Å². The van der Waals surface area contributed by atoms with Crippen molar-refractivity contribution in [3.63, 3.8) is 0 Å². The van der Waals surface area contributed by atoms with Gasteiger partial charge >= 0.3 is 0 Å². The third kappa shape index (κ3) is 3.33. The van der Waals surface area contributed by atoms with E-state index in [0.717, 1.165) is 42.8 Å². The fourth-order valence-corrected chi connectivity index (χ4v) is 10.1. The summed E-state index contributed by atoms with van der Waals surface area (Å²) < 4.78 is 17.7. The minimum absolute atomic E-state index is 0. The van der Waals surface area contributed by atoms with E-state index < -0.39 is 17.1 Å². The molecule has 4 heterocycles. The molecule has 10 rings (SSSR count). The highest BCUT2D eigenvalue weighted by molar-refractivity contribution is 5.99. The molecule has 4 aliphatic carbocycles. The smallest absolute Gasteiger partial charge is 0.196 e. The van der Waals surface area contributed by atoms with Crippen LogP contribution in [0.2, 0.25) is 0 Å². The summed E-state index contributed by atoms with van der Waals surface area (Å²) in [5, 5.41) is 32.0. The molecule has 244 valence electrons. The SMILES string of the molecule is C.C.CN1CC[C@]23c4c5ccc(O)c4OC2C(=O)C=CC3(O)[C@H]1C5.COC1=CC=C2[C@H]3Cc4ccc(O)c5c4[C@@]2(CCN3C)C1O5. The number of likely N-dealkylation sites (N-methyl/N-ethyl adjacent to an activating group) is 2. The van der Waals surface area contributed by atoms with Crippen molar-refractivity contribution in [1.82, 2.24) is 9.80 Å². The van der Waals surface area contributed by atoms with Crippen molar-refractivity contribution >= 4 is 5.78 Å². The molecule has 0 radical (unpaired) electrons. The van der Waals surface area contributed by atoms with Crippen LogP contribution in [-0.2, 0) is 33.2 Å². The molecule has 8 aliphatic rings. The van der Waals surface area contributed by atoms with Gasteiger partial charge in [-0.3, -0.25) is 14.6 Å². The zero-order chi connectivity index (χ0) is 30.3. The summed E-state index contributed by atoms with van der Waals surface area (Å²) in [6.07, 6.45) is 9.81. The summed E-state index contributed by atoms with van der Waals surface area (Å²) in [5.74, 6) is 2.08. The quantitative estimate of drug-likeness (QED) is 0.433. The summed E-state index contributed by atoms with van der Waals surface area (Å²) in [5.41, 5.74) is 3.80. The Morgan fingerprint density at radius 1 is 0.870 bits per heavy atom. The molecule has 4 bridgehead atoms. The average molecular weight is 629 g/mol. The van der Waals surface area contributed by atoms with Crippen LogP contribution in [0.25, 0.3) is 0 Å². The average Bonchev–Trinajstić information content (AvgIpc) is 3.56. The third-order valence-electron chi connectivity index (χ3n) is 12.1. The molecule has 3 unspecified atom stereocenters. The summed E-state index contributed by atoms with van der Waals surface area (Å²) in [7, 11) is 5.91. The Kier molecular flexibility index (Phi) is 6.61. The van der Waals surface area contributed by atoms with Gasteiger partial charge in [-0.1, -0.05) is 33.1 Å². The van der Waals surface area contributed by atoms with Crippen LogP contribution in [0.5, 0.6) is 23.0 Å². The van der Waals surface area contributed by atoms with Crippen LogP contribution in [0.4, 0.5) is 0 Å². The largest absolute Gasteiger partial charge is 0.504 e. The van der Waals surface area contributed by atoms with Gasteiger partial charge in [0.25, 0.3) is 0 Å². The number of allylic oxidation sites excluding steroid dienone is 2. The Bertz CT molecular complexity index is 1760. The highest BCUT2D eigenvalue weighted by Crippen LogP contribution is 2.64. The number of ether oxygens (including phenoxy) is 3. The minimum atomic E-state index is -1.13. The number of likely N-dealkylation sites (tertiary alicyclic amines) is 2. The molecule has 2 spiro atoms. The molecule has 2 saturated heterocycles. The summed E-state index contributed by atoms with van der Waals surface area (Å²) in [6.45, 7) is 1.83. The molecule has 4 aliphatic heterocycles. The van der Waals surface area contributed by atoms with E-state index in [1.54, 1.807) is 25.3 Å². The van der Waals surface area contributed by atoms with Gasteiger partial charge in [-0.25, -0.2) is 0 Å². The van der Waals surface area contributed by atoms with E-state index in [-0.39, 0.29) is 49.7 Å². The minimum Gasteiger partial charge on any atom is -0.504 e. The highest BCUT2D eigenvalue weighted by Gasteiger charge is 2.71. The Morgan fingerprint density at radius 3 is 2.24 bits per heavy atom. The second-order valence-electron chi connectivity index (χ2n) is 13.7. The van der Waals surface area contributed by atoms with E-state index in [2.05, 4.69) is 29.0 Å². The molecule has 0 aromatic heterocycles. The lowest BCUT2D eigenvalue weighted by atomic mass is 9.51. The van der Waals surface area contributed by atoms with Gasteiger partial charge in [0.05, 0.1) is 17.9 Å². The molecule has 0 amide bonds. The van der Waals surface area contributed by atoms with Gasteiger partial charge < -0.3 is 29.5 Å².